The van der Waals surface area contributed by atoms with E-state index in [4.69, 9.17) is 5.73 Å². The quantitative estimate of drug-likeness (QED) is 0.686. The third kappa shape index (κ3) is 5.56. The molecule has 0 heterocycles. The van der Waals surface area contributed by atoms with Crippen molar-refractivity contribution >= 4 is 34.4 Å². The summed E-state index contributed by atoms with van der Waals surface area (Å²) < 4.78 is 1.11. The van der Waals surface area contributed by atoms with Crippen LogP contribution in [-0.4, -0.2) is 17.9 Å². The molecule has 0 aromatic heterocycles. The Hall–Kier alpha value is -1.89. The Balaban J connectivity index is 2.09. The number of halogens is 1. The van der Waals surface area contributed by atoms with Crippen LogP contribution in [0.3, 0.4) is 0 Å². The number of carbonyl (C=O) groups excluding carboxylic acids is 2. The summed E-state index contributed by atoms with van der Waals surface area (Å²) >= 11 is 2.22. The van der Waals surface area contributed by atoms with Gasteiger partial charge < -0.3 is 11.1 Å². The van der Waals surface area contributed by atoms with Gasteiger partial charge in [0.1, 0.15) is 6.04 Å². The van der Waals surface area contributed by atoms with Gasteiger partial charge in [-0.1, -0.05) is 45.0 Å². The first-order valence-corrected chi connectivity index (χ1v) is 9.20. The van der Waals surface area contributed by atoms with Gasteiger partial charge in [0.05, 0.1) is 0 Å². The van der Waals surface area contributed by atoms with Crippen molar-refractivity contribution in [2.45, 2.75) is 38.6 Å². The maximum atomic E-state index is 12.4. The van der Waals surface area contributed by atoms with Gasteiger partial charge in [0.15, 0.2) is 0 Å². The van der Waals surface area contributed by atoms with Crippen LogP contribution in [0.4, 0.5) is 0 Å². The minimum atomic E-state index is -0.741. The molecule has 0 saturated heterocycles. The molecule has 0 aliphatic carbocycles. The van der Waals surface area contributed by atoms with Gasteiger partial charge in [-0.2, -0.15) is 0 Å². The molecule has 2 rings (SSSR count). The number of hydrogen-bond donors (Lipinski definition) is 2. The van der Waals surface area contributed by atoms with Crippen LogP contribution in [0.1, 0.15) is 42.3 Å². The number of carbonyl (C=O) groups is 2. The number of nitrogens with one attached hydrogen (secondary N) is 1. The summed E-state index contributed by atoms with van der Waals surface area (Å²) in [4.78, 5) is 24.2. The number of amides is 2. The van der Waals surface area contributed by atoms with E-state index >= 15 is 0 Å². The van der Waals surface area contributed by atoms with E-state index in [0.29, 0.717) is 12.0 Å². The first kappa shape index (κ1) is 19.4. The number of benzene rings is 2. The molecule has 4 nitrogen and oxygen atoms in total. The molecule has 5 heteroatoms. The lowest BCUT2D eigenvalue weighted by Crippen LogP contribution is -2.45. The van der Waals surface area contributed by atoms with E-state index < -0.39 is 11.9 Å². The summed E-state index contributed by atoms with van der Waals surface area (Å²) in [6.07, 6.45) is 0.373. The van der Waals surface area contributed by atoms with E-state index in [9.17, 15) is 9.59 Å². The average molecular weight is 450 g/mol. The van der Waals surface area contributed by atoms with E-state index in [0.717, 1.165) is 14.7 Å². The molecule has 2 aromatic carbocycles. The average Bonchev–Trinajstić information content (AvgIpc) is 2.55. The van der Waals surface area contributed by atoms with Crippen LogP contribution in [-0.2, 0) is 16.6 Å². The largest absolute Gasteiger partial charge is 0.368 e. The molecule has 0 aliphatic heterocycles. The van der Waals surface area contributed by atoms with Crippen molar-refractivity contribution < 1.29 is 9.59 Å². The van der Waals surface area contributed by atoms with Crippen LogP contribution >= 0.6 is 22.6 Å². The van der Waals surface area contributed by atoms with Crippen molar-refractivity contribution in [1.29, 1.82) is 0 Å². The van der Waals surface area contributed by atoms with Crippen molar-refractivity contribution in [3.63, 3.8) is 0 Å². The van der Waals surface area contributed by atoms with E-state index in [1.165, 1.54) is 0 Å². The molecular weight excluding hydrogens is 427 g/mol. The normalized spacial score (nSPS) is 12.5. The number of primary amides is 1. The highest BCUT2D eigenvalue weighted by atomic mass is 127. The van der Waals surface area contributed by atoms with Gasteiger partial charge in [0.25, 0.3) is 5.91 Å². The number of nitrogens with two attached hydrogens (primary N) is 1. The van der Waals surface area contributed by atoms with Crippen LogP contribution in [0, 0.1) is 3.57 Å². The molecule has 25 heavy (non-hydrogen) atoms. The fourth-order valence-electron chi connectivity index (χ4n) is 2.44. The molecule has 0 fully saturated rings. The Morgan fingerprint density at radius 2 is 1.60 bits per heavy atom. The molecule has 3 N–H and O–H groups in total. The third-order valence-electron chi connectivity index (χ3n) is 4.01. The molecule has 0 bridgehead atoms. The molecule has 132 valence electrons. The molecule has 0 radical (unpaired) electrons. The second-order valence-corrected chi connectivity index (χ2v) is 8.33. The number of hydrogen-bond acceptors (Lipinski definition) is 2. The smallest absolute Gasteiger partial charge is 0.251 e. The third-order valence-corrected chi connectivity index (χ3v) is 4.73. The SMILES string of the molecule is CC(C)(C)c1ccc(C(=O)N[C@H](Cc2ccc(I)cc2)C(N)=O)cc1. The zero-order valence-corrected chi connectivity index (χ0v) is 16.8. The highest BCUT2D eigenvalue weighted by molar-refractivity contribution is 14.1. The molecule has 1 atom stereocenters. The van der Waals surface area contributed by atoms with Gasteiger partial charge in [-0.3, -0.25) is 9.59 Å². The van der Waals surface area contributed by atoms with Gasteiger partial charge in [-0.15, -0.1) is 0 Å². The van der Waals surface area contributed by atoms with Gasteiger partial charge in [-0.25, -0.2) is 0 Å². The molecule has 0 unspecified atom stereocenters. The van der Waals surface area contributed by atoms with Gasteiger partial charge >= 0.3 is 0 Å². The highest BCUT2D eigenvalue weighted by Gasteiger charge is 2.20. The van der Waals surface area contributed by atoms with Crippen molar-refractivity contribution in [2.24, 2.45) is 5.73 Å². The van der Waals surface area contributed by atoms with Gasteiger partial charge in [-0.05, 0) is 63.4 Å². The minimum Gasteiger partial charge on any atom is -0.368 e. The molecule has 0 aliphatic rings. The van der Waals surface area contributed by atoms with Gasteiger partial charge in [0.2, 0.25) is 5.91 Å². The molecule has 2 amide bonds. The second-order valence-electron chi connectivity index (χ2n) is 7.09. The maximum absolute atomic E-state index is 12.4. The summed E-state index contributed by atoms with van der Waals surface area (Å²) in [7, 11) is 0. The van der Waals surface area contributed by atoms with Crippen LogP contribution in [0.2, 0.25) is 0 Å². The standard InChI is InChI=1S/C20H23IN2O2/c1-20(2,3)15-8-6-14(7-9-15)19(25)23-17(18(22)24)12-13-4-10-16(21)11-5-13/h4-11,17H,12H2,1-3H3,(H2,22,24)(H,23,25)/t17-/m1/s1. The summed E-state index contributed by atoms with van der Waals surface area (Å²) in [5.74, 6) is -0.840. The fourth-order valence-corrected chi connectivity index (χ4v) is 2.80. The summed E-state index contributed by atoms with van der Waals surface area (Å²) in [6.45, 7) is 6.35. The summed E-state index contributed by atoms with van der Waals surface area (Å²) in [5.41, 5.74) is 8.10. The van der Waals surface area contributed by atoms with E-state index in [-0.39, 0.29) is 11.3 Å². The lowest BCUT2D eigenvalue weighted by Gasteiger charge is -2.19. The lowest BCUT2D eigenvalue weighted by molar-refractivity contribution is -0.119. The lowest BCUT2D eigenvalue weighted by atomic mass is 9.86. The number of rotatable bonds is 5. The first-order chi connectivity index (χ1) is 11.7. The van der Waals surface area contributed by atoms with Crippen molar-refractivity contribution in [3.8, 4) is 0 Å². The predicted molar refractivity (Wildman–Crippen MR) is 108 cm³/mol. The van der Waals surface area contributed by atoms with E-state index in [2.05, 4.69) is 48.7 Å². The Labute approximate surface area is 162 Å². The maximum Gasteiger partial charge on any atom is 0.251 e. The topological polar surface area (TPSA) is 72.2 Å². The van der Waals surface area contributed by atoms with Crippen molar-refractivity contribution in [1.82, 2.24) is 5.32 Å². The first-order valence-electron chi connectivity index (χ1n) is 8.12. The van der Waals surface area contributed by atoms with E-state index in [1.807, 2.05) is 36.4 Å². The highest BCUT2D eigenvalue weighted by Crippen LogP contribution is 2.22. The molecular formula is C20H23IN2O2. The predicted octanol–water partition coefficient (Wildman–Crippen LogP) is 3.42. The summed E-state index contributed by atoms with van der Waals surface area (Å²) in [6, 6.07) is 14.5. The Morgan fingerprint density at radius 3 is 2.08 bits per heavy atom. The molecule has 0 saturated carbocycles. The monoisotopic (exact) mass is 450 g/mol. The second kappa shape index (κ2) is 7.99. The van der Waals surface area contributed by atoms with Gasteiger partial charge in [0, 0.05) is 15.6 Å². The summed E-state index contributed by atoms with van der Waals surface area (Å²) in [5, 5.41) is 2.74. The van der Waals surface area contributed by atoms with Crippen LogP contribution < -0.4 is 11.1 Å². The zero-order chi connectivity index (χ0) is 18.6. The Morgan fingerprint density at radius 1 is 1.04 bits per heavy atom. The minimum absolute atomic E-state index is 0.0234. The van der Waals surface area contributed by atoms with Crippen LogP contribution in [0.5, 0.6) is 0 Å². The van der Waals surface area contributed by atoms with Crippen LogP contribution in [0.25, 0.3) is 0 Å². The zero-order valence-electron chi connectivity index (χ0n) is 14.7. The Kier molecular flexibility index (Phi) is 6.21. The van der Waals surface area contributed by atoms with Crippen molar-refractivity contribution in [2.75, 3.05) is 0 Å². The Bertz CT molecular complexity index is 747. The fraction of sp³-hybridized carbons (Fsp3) is 0.300. The van der Waals surface area contributed by atoms with E-state index in [1.54, 1.807) is 12.1 Å². The van der Waals surface area contributed by atoms with Crippen LogP contribution in [0.15, 0.2) is 48.5 Å². The molecule has 2 aromatic rings. The van der Waals surface area contributed by atoms with Crippen molar-refractivity contribution in [3.05, 3.63) is 68.8 Å². The molecule has 0 spiro atoms.